The van der Waals surface area contributed by atoms with Crippen LogP contribution in [0.3, 0.4) is 0 Å². The van der Waals surface area contributed by atoms with Crippen LogP contribution in [0.25, 0.3) is 0 Å². The summed E-state index contributed by atoms with van der Waals surface area (Å²) in [4.78, 5) is 15.7. The van der Waals surface area contributed by atoms with Gasteiger partial charge >= 0.3 is 0 Å². The first kappa shape index (κ1) is 15.8. The molecule has 1 unspecified atom stereocenters. The largest absolute Gasteiger partial charge is 0.330 e. The molecule has 1 aromatic heterocycles. The lowest BCUT2D eigenvalue weighted by molar-refractivity contribution is -0.116. The van der Waals surface area contributed by atoms with E-state index in [-0.39, 0.29) is 5.91 Å². The number of nitrogens with zero attached hydrogens (tertiary/aromatic N) is 2. The van der Waals surface area contributed by atoms with Gasteiger partial charge in [0.25, 0.3) is 0 Å². The Morgan fingerprint density at radius 1 is 1.26 bits per heavy atom. The fourth-order valence-corrected chi connectivity index (χ4v) is 3.32. The van der Waals surface area contributed by atoms with Crippen LogP contribution in [0.1, 0.15) is 62.6 Å². The molecule has 1 aromatic carbocycles. The van der Waals surface area contributed by atoms with E-state index < -0.39 is 0 Å². The zero-order chi connectivity index (χ0) is 16.1. The molecule has 0 bridgehead atoms. The first-order chi connectivity index (χ1) is 11.3. The number of nitrogens with one attached hydrogen (secondary N) is 1. The third-order valence-corrected chi connectivity index (χ3v) is 4.63. The van der Waals surface area contributed by atoms with Crippen LogP contribution in [0.4, 0.5) is 5.69 Å². The van der Waals surface area contributed by atoms with Crippen molar-refractivity contribution in [2.24, 2.45) is 0 Å². The lowest BCUT2D eigenvalue weighted by Gasteiger charge is -2.23. The lowest BCUT2D eigenvalue weighted by Crippen LogP contribution is -2.19. The number of carbonyl (C=O) groups excluding carboxylic acids is 1. The first-order valence-electron chi connectivity index (χ1n) is 8.68. The van der Waals surface area contributed by atoms with Crippen molar-refractivity contribution in [3.05, 3.63) is 48.0 Å². The molecule has 122 valence electrons. The van der Waals surface area contributed by atoms with Crippen LogP contribution in [0.2, 0.25) is 0 Å². The van der Waals surface area contributed by atoms with E-state index in [1.54, 1.807) is 0 Å². The Morgan fingerprint density at radius 3 is 2.96 bits per heavy atom. The van der Waals surface area contributed by atoms with Crippen LogP contribution in [0, 0.1) is 0 Å². The van der Waals surface area contributed by atoms with Gasteiger partial charge in [0.05, 0.1) is 12.4 Å². The molecular formula is C19H25N3O. The average Bonchev–Trinajstić information content (AvgIpc) is 3.09. The van der Waals surface area contributed by atoms with Gasteiger partial charge in [-0.05, 0) is 30.0 Å². The Morgan fingerprint density at radius 2 is 2.17 bits per heavy atom. The molecule has 0 radical (unpaired) electrons. The molecule has 2 heterocycles. The fraction of sp³-hybridized carbons (Fsp3) is 0.474. The van der Waals surface area contributed by atoms with Gasteiger partial charge in [-0.1, -0.05) is 44.7 Å². The molecule has 1 aliphatic rings. The summed E-state index contributed by atoms with van der Waals surface area (Å²) >= 11 is 0. The SMILES string of the molecule is CCCCCCC(c1ccc2c(c1)CCC(=O)N2)n1ccnc1. The monoisotopic (exact) mass is 311 g/mol. The van der Waals surface area contributed by atoms with E-state index in [1.807, 2.05) is 18.7 Å². The van der Waals surface area contributed by atoms with Gasteiger partial charge < -0.3 is 9.88 Å². The number of rotatable bonds is 7. The molecule has 2 aromatic rings. The van der Waals surface area contributed by atoms with E-state index in [4.69, 9.17) is 0 Å². The van der Waals surface area contributed by atoms with Crippen molar-refractivity contribution in [2.75, 3.05) is 5.32 Å². The van der Waals surface area contributed by atoms with Gasteiger partial charge in [0.2, 0.25) is 5.91 Å². The zero-order valence-corrected chi connectivity index (χ0v) is 13.8. The van der Waals surface area contributed by atoms with Crippen molar-refractivity contribution >= 4 is 11.6 Å². The van der Waals surface area contributed by atoms with Crippen molar-refractivity contribution in [2.45, 2.75) is 57.9 Å². The third kappa shape index (κ3) is 3.81. The summed E-state index contributed by atoms with van der Waals surface area (Å²) in [6.07, 6.45) is 13.4. The molecule has 0 fully saturated rings. The van der Waals surface area contributed by atoms with E-state index in [0.29, 0.717) is 12.5 Å². The molecule has 0 saturated heterocycles. The second-order valence-corrected chi connectivity index (χ2v) is 6.34. The normalized spacial score (nSPS) is 15.1. The van der Waals surface area contributed by atoms with Crippen molar-refractivity contribution in [1.29, 1.82) is 0 Å². The van der Waals surface area contributed by atoms with Gasteiger partial charge in [-0.15, -0.1) is 0 Å². The topological polar surface area (TPSA) is 46.9 Å². The van der Waals surface area contributed by atoms with E-state index >= 15 is 0 Å². The number of aryl methyl sites for hydroxylation is 1. The molecule has 1 atom stereocenters. The summed E-state index contributed by atoms with van der Waals surface area (Å²) < 4.78 is 2.20. The Balaban J connectivity index is 1.80. The summed E-state index contributed by atoms with van der Waals surface area (Å²) in [7, 11) is 0. The standard InChI is InChI=1S/C19H25N3O/c1-2-3-4-5-6-18(22-12-11-20-14-22)16-7-9-17-15(13-16)8-10-19(23)21-17/h7,9,11-14,18H,2-6,8,10H2,1H3,(H,21,23). The Hall–Kier alpha value is -2.10. The van der Waals surface area contributed by atoms with Crippen molar-refractivity contribution in [3.63, 3.8) is 0 Å². The summed E-state index contributed by atoms with van der Waals surface area (Å²) in [6, 6.07) is 6.79. The van der Waals surface area contributed by atoms with Gasteiger partial charge in [0.15, 0.2) is 0 Å². The predicted octanol–water partition coefficient (Wildman–Crippen LogP) is 4.33. The number of hydrogen-bond acceptors (Lipinski definition) is 2. The van der Waals surface area contributed by atoms with Crippen molar-refractivity contribution < 1.29 is 4.79 Å². The Bertz CT molecular complexity index is 649. The maximum atomic E-state index is 11.5. The van der Waals surface area contributed by atoms with E-state index in [1.165, 1.54) is 36.8 Å². The molecule has 23 heavy (non-hydrogen) atoms. The fourth-order valence-electron chi connectivity index (χ4n) is 3.32. The average molecular weight is 311 g/mol. The summed E-state index contributed by atoms with van der Waals surface area (Å²) in [5.41, 5.74) is 3.54. The second kappa shape index (κ2) is 7.44. The third-order valence-electron chi connectivity index (χ3n) is 4.63. The molecule has 3 rings (SSSR count). The van der Waals surface area contributed by atoms with Crippen LogP contribution in [0.5, 0.6) is 0 Å². The minimum absolute atomic E-state index is 0.121. The molecule has 1 aliphatic heterocycles. The van der Waals surface area contributed by atoms with E-state index in [9.17, 15) is 4.79 Å². The second-order valence-electron chi connectivity index (χ2n) is 6.34. The maximum absolute atomic E-state index is 11.5. The number of imidazole rings is 1. The number of anilines is 1. The molecular weight excluding hydrogens is 286 g/mol. The highest BCUT2D eigenvalue weighted by Gasteiger charge is 2.18. The zero-order valence-electron chi connectivity index (χ0n) is 13.8. The highest BCUT2D eigenvalue weighted by Crippen LogP contribution is 2.30. The summed E-state index contributed by atoms with van der Waals surface area (Å²) in [6.45, 7) is 2.24. The van der Waals surface area contributed by atoms with Crippen molar-refractivity contribution in [3.8, 4) is 0 Å². The van der Waals surface area contributed by atoms with Crippen LogP contribution in [0.15, 0.2) is 36.9 Å². The van der Waals surface area contributed by atoms with Gasteiger partial charge in [-0.25, -0.2) is 4.98 Å². The van der Waals surface area contributed by atoms with E-state index in [2.05, 4.69) is 40.0 Å². The number of amides is 1. The number of hydrogen-bond donors (Lipinski definition) is 1. The van der Waals surface area contributed by atoms with Crippen LogP contribution in [-0.2, 0) is 11.2 Å². The smallest absolute Gasteiger partial charge is 0.224 e. The molecule has 4 nitrogen and oxygen atoms in total. The maximum Gasteiger partial charge on any atom is 0.224 e. The summed E-state index contributed by atoms with van der Waals surface area (Å²) in [5, 5.41) is 2.96. The number of benzene rings is 1. The first-order valence-corrected chi connectivity index (χ1v) is 8.68. The van der Waals surface area contributed by atoms with Gasteiger partial charge in [0, 0.05) is 24.5 Å². The molecule has 4 heteroatoms. The van der Waals surface area contributed by atoms with Gasteiger partial charge in [-0.3, -0.25) is 4.79 Å². The number of carbonyl (C=O) groups is 1. The van der Waals surface area contributed by atoms with Gasteiger partial charge in [-0.2, -0.15) is 0 Å². The minimum Gasteiger partial charge on any atom is -0.330 e. The molecule has 0 aliphatic carbocycles. The number of fused-ring (bicyclic) bond motifs is 1. The molecule has 1 N–H and O–H groups in total. The number of unbranched alkanes of at least 4 members (excludes halogenated alkanes) is 3. The minimum atomic E-state index is 0.121. The highest BCUT2D eigenvalue weighted by atomic mass is 16.1. The van der Waals surface area contributed by atoms with Crippen LogP contribution in [-0.4, -0.2) is 15.5 Å². The van der Waals surface area contributed by atoms with Gasteiger partial charge in [0.1, 0.15) is 0 Å². The Kier molecular flexibility index (Phi) is 5.11. The van der Waals surface area contributed by atoms with Crippen LogP contribution < -0.4 is 5.32 Å². The quantitative estimate of drug-likeness (QED) is 0.774. The van der Waals surface area contributed by atoms with Crippen LogP contribution >= 0.6 is 0 Å². The van der Waals surface area contributed by atoms with E-state index in [0.717, 1.165) is 18.5 Å². The van der Waals surface area contributed by atoms with Crippen molar-refractivity contribution in [1.82, 2.24) is 9.55 Å². The lowest BCUT2D eigenvalue weighted by atomic mass is 9.94. The predicted molar refractivity (Wildman–Crippen MR) is 92.5 cm³/mol. The molecule has 0 saturated carbocycles. The Labute approximate surface area is 137 Å². The molecule has 1 amide bonds. The molecule has 0 spiro atoms. The summed E-state index contributed by atoms with van der Waals surface area (Å²) in [5.74, 6) is 0.121. The highest BCUT2D eigenvalue weighted by molar-refractivity contribution is 5.93. The number of aromatic nitrogens is 2.